The summed E-state index contributed by atoms with van der Waals surface area (Å²) in [5.74, 6) is 0. The Balaban J connectivity index is 4.08. The molecule has 0 aliphatic carbocycles. The molecule has 2 unspecified atom stereocenters. The zero-order valence-corrected chi connectivity index (χ0v) is 7.45. The minimum absolute atomic E-state index is 0.302. The molecule has 0 aromatic carbocycles. The predicted octanol–water partition coefficient (Wildman–Crippen LogP) is -1.49. The van der Waals surface area contributed by atoms with Crippen molar-refractivity contribution in [3.8, 4) is 0 Å². The van der Waals surface area contributed by atoms with Crippen LogP contribution in [0.1, 0.15) is 13.3 Å². The lowest BCUT2D eigenvalue weighted by atomic mass is 10.2. The molecule has 4 N–H and O–H groups in total. The Morgan fingerprint density at radius 3 is 2.25 bits per heavy atom. The van der Waals surface area contributed by atoms with E-state index >= 15 is 0 Å². The number of aliphatic hydroxyl groups is 2. The van der Waals surface area contributed by atoms with Gasteiger partial charge < -0.3 is 10.2 Å². The smallest absolute Gasteiger partial charge is 0.306 e. The van der Waals surface area contributed by atoms with Crippen molar-refractivity contribution in [2.45, 2.75) is 24.9 Å². The van der Waals surface area contributed by atoms with Crippen molar-refractivity contribution < 1.29 is 23.2 Å². The van der Waals surface area contributed by atoms with Gasteiger partial charge in [0.1, 0.15) is 0 Å². The van der Waals surface area contributed by atoms with E-state index in [4.69, 9.17) is 14.8 Å². The van der Waals surface area contributed by atoms with Crippen LogP contribution in [0.15, 0.2) is 0 Å². The highest BCUT2D eigenvalue weighted by molar-refractivity contribution is 7.86. The summed E-state index contributed by atoms with van der Waals surface area (Å²) in [6.45, 7) is 1.40. The van der Waals surface area contributed by atoms with Crippen molar-refractivity contribution in [3.63, 3.8) is 0 Å². The monoisotopic (exact) mass is 199 g/mol. The zero-order chi connectivity index (χ0) is 9.78. The Labute approximate surface area is 71.0 Å². The van der Waals surface area contributed by atoms with E-state index in [-0.39, 0.29) is 6.61 Å². The van der Waals surface area contributed by atoms with E-state index < -0.39 is 21.7 Å². The summed E-state index contributed by atoms with van der Waals surface area (Å²) in [6, 6.07) is -0.540. The summed E-state index contributed by atoms with van der Waals surface area (Å²) in [4.78, 5) is 0. The van der Waals surface area contributed by atoms with Gasteiger partial charge in [-0.2, -0.15) is 8.42 Å². The molecule has 0 saturated carbocycles. The molecule has 0 saturated heterocycles. The highest BCUT2D eigenvalue weighted by Gasteiger charge is 2.21. The maximum Gasteiger partial charge on any atom is 0.306 e. The first-order valence-electron chi connectivity index (χ1n) is 3.43. The molecular formula is C5H13NO5S. The molecule has 0 amide bonds. The van der Waals surface area contributed by atoms with Crippen LogP contribution >= 0.6 is 0 Å². The molecular weight excluding hydrogens is 186 g/mol. The van der Waals surface area contributed by atoms with Gasteiger partial charge in [0.15, 0.2) is 0 Å². The van der Waals surface area contributed by atoms with E-state index in [0.717, 1.165) is 0 Å². The summed E-state index contributed by atoms with van der Waals surface area (Å²) in [5, 5.41) is 19.5. The lowest BCUT2D eigenvalue weighted by Gasteiger charge is -2.16. The van der Waals surface area contributed by atoms with Crippen LogP contribution in [0.3, 0.4) is 0 Å². The summed E-state index contributed by atoms with van der Waals surface area (Å²) in [5.41, 5.74) is -2.03. The molecule has 0 rings (SSSR count). The second-order valence-corrected chi connectivity index (χ2v) is 3.80. The first-order valence-corrected chi connectivity index (χ1v) is 4.93. The predicted molar refractivity (Wildman–Crippen MR) is 41.9 cm³/mol. The van der Waals surface area contributed by atoms with Gasteiger partial charge in [-0.25, -0.2) is 0 Å². The molecule has 0 bridgehead atoms. The van der Waals surface area contributed by atoms with Crippen molar-refractivity contribution in [2.75, 3.05) is 6.61 Å². The Kier molecular flexibility index (Phi) is 4.64. The molecule has 0 aliphatic rings. The van der Waals surface area contributed by atoms with Gasteiger partial charge in [-0.3, -0.25) is 9.87 Å². The molecule has 74 valence electrons. The van der Waals surface area contributed by atoms with E-state index in [2.05, 4.69) is 5.32 Å². The first-order chi connectivity index (χ1) is 5.41. The average molecular weight is 199 g/mol. The van der Waals surface area contributed by atoms with Crippen molar-refractivity contribution in [2.24, 2.45) is 0 Å². The van der Waals surface area contributed by atoms with E-state index in [1.54, 1.807) is 6.92 Å². The Hall–Kier alpha value is -0.210. The number of aliphatic hydroxyl groups excluding tert-OH is 2. The van der Waals surface area contributed by atoms with Crippen molar-refractivity contribution in [3.05, 3.63) is 0 Å². The zero-order valence-electron chi connectivity index (χ0n) is 6.64. The van der Waals surface area contributed by atoms with Crippen LogP contribution in [0.2, 0.25) is 0 Å². The van der Waals surface area contributed by atoms with Crippen LogP contribution in [0.25, 0.3) is 0 Å². The minimum Gasteiger partial charge on any atom is -0.395 e. The van der Waals surface area contributed by atoms with E-state index in [1.165, 1.54) is 0 Å². The van der Waals surface area contributed by atoms with Gasteiger partial charge in [0, 0.05) is 6.04 Å². The highest BCUT2D eigenvalue weighted by Crippen LogP contribution is 1.95. The van der Waals surface area contributed by atoms with Gasteiger partial charge >= 0.3 is 10.1 Å². The minimum atomic E-state index is -4.48. The van der Waals surface area contributed by atoms with Crippen molar-refractivity contribution in [1.29, 1.82) is 0 Å². The molecule has 0 radical (unpaired) electrons. The van der Waals surface area contributed by atoms with Crippen LogP contribution in [0, 0.1) is 0 Å². The molecule has 12 heavy (non-hydrogen) atoms. The van der Waals surface area contributed by atoms with Gasteiger partial charge in [-0.1, -0.05) is 6.92 Å². The van der Waals surface area contributed by atoms with Crippen molar-refractivity contribution >= 4 is 10.1 Å². The Morgan fingerprint density at radius 1 is 1.50 bits per heavy atom. The fourth-order valence-corrected chi connectivity index (χ4v) is 0.952. The Morgan fingerprint density at radius 2 is 2.00 bits per heavy atom. The van der Waals surface area contributed by atoms with Gasteiger partial charge in [0.05, 0.1) is 6.61 Å². The molecule has 7 heteroatoms. The fourth-order valence-electron chi connectivity index (χ4n) is 0.587. The van der Waals surface area contributed by atoms with E-state index in [1.807, 2.05) is 0 Å². The van der Waals surface area contributed by atoms with Crippen LogP contribution in [0.4, 0.5) is 0 Å². The number of nitrogens with one attached hydrogen (secondary N) is 1. The topological polar surface area (TPSA) is 107 Å². The number of rotatable bonds is 5. The third kappa shape index (κ3) is 3.98. The molecule has 0 aromatic rings. The van der Waals surface area contributed by atoms with Gasteiger partial charge in [-0.15, -0.1) is 0 Å². The Bertz CT molecular complexity index is 210. The van der Waals surface area contributed by atoms with E-state index in [0.29, 0.717) is 6.42 Å². The average Bonchev–Trinajstić information content (AvgIpc) is 1.97. The summed E-state index contributed by atoms with van der Waals surface area (Å²) in [7, 11) is -4.48. The SMILES string of the molecule is CCC(CO)NC(O)S(=O)(=O)O. The maximum absolute atomic E-state index is 10.3. The summed E-state index contributed by atoms with van der Waals surface area (Å²) < 4.78 is 28.8. The van der Waals surface area contributed by atoms with E-state index in [9.17, 15) is 8.42 Å². The molecule has 0 aliphatic heterocycles. The molecule has 0 fully saturated rings. The second-order valence-electron chi connectivity index (χ2n) is 2.32. The third-order valence-corrected chi connectivity index (χ3v) is 2.07. The number of hydrogen-bond acceptors (Lipinski definition) is 5. The standard InChI is InChI=1S/C5H13NO5S/c1-2-4(3-7)6-5(8)12(9,10)11/h4-8H,2-3H2,1H3,(H,9,10,11). The van der Waals surface area contributed by atoms with Gasteiger partial charge in [-0.05, 0) is 6.42 Å². The third-order valence-electron chi connectivity index (χ3n) is 1.37. The fraction of sp³-hybridized carbons (Fsp3) is 1.00. The maximum atomic E-state index is 10.3. The summed E-state index contributed by atoms with van der Waals surface area (Å²) in [6.07, 6.45) is 0.448. The molecule has 0 heterocycles. The molecule has 6 nitrogen and oxygen atoms in total. The van der Waals surface area contributed by atoms with Crippen LogP contribution < -0.4 is 5.32 Å². The van der Waals surface area contributed by atoms with Crippen LogP contribution in [-0.4, -0.2) is 41.4 Å². The van der Waals surface area contributed by atoms with Crippen molar-refractivity contribution in [1.82, 2.24) is 5.32 Å². The molecule has 0 spiro atoms. The summed E-state index contributed by atoms with van der Waals surface area (Å²) >= 11 is 0. The highest BCUT2D eigenvalue weighted by atomic mass is 32.2. The van der Waals surface area contributed by atoms with Crippen LogP contribution in [-0.2, 0) is 10.1 Å². The van der Waals surface area contributed by atoms with Gasteiger partial charge in [0.25, 0.3) is 0 Å². The molecule has 0 aromatic heterocycles. The van der Waals surface area contributed by atoms with Gasteiger partial charge in [0.2, 0.25) is 5.56 Å². The van der Waals surface area contributed by atoms with Crippen LogP contribution in [0.5, 0.6) is 0 Å². The molecule has 2 atom stereocenters. The normalized spacial score (nSPS) is 17.3. The quantitative estimate of drug-likeness (QED) is 0.317. The largest absolute Gasteiger partial charge is 0.395 e. The first kappa shape index (κ1) is 11.8. The lowest BCUT2D eigenvalue weighted by Crippen LogP contribution is -2.44. The second kappa shape index (κ2) is 4.73. The number of hydrogen-bond donors (Lipinski definition) is 4. The lowest BCUT2D eigenvalue weighted by molar-refractivity contribution is 0.150.